The molecule has 0 fully saturated rings. The third-order valence-corrected chi connectivity index (χ3v) is 4.73. The van der Waals surface area contributed by atoms with E-state index in [0.717, 1.165) is 39.5 Å². The molecule has 0 saturated heterocycles. The lowest BCUT2D eigenvalue weighted by Crippen LogP contribution is -2.20. The standard InChI is InChI=1S/C16H16BrNO2/c1-8-6-9(2)14-11(7-8)13(16(19)20)10-4-3-5-12(17)15(10)18-14/h3-5,8-9H,6-7H2,1-2H3,(H,19,20). The van der Waals surface area contributed by atoms with Crippen molar-refractivity contribution in [1.82, 2.24) is 4.98 Å². The molecule has 3 nitrogen and oxygen atoms in total. The fraction of sp³-hybridized carbons (Fsp3) is 0.375. The molecular weight excluding hydrogens is 318 g/mol. The van der Waals surface area contributed by atoms with Crippen molar-refractivity contribution in [2.45, 2.75) is 32.6 Å². The van der Waals surface area contributed by atoms with Gasteiger partial charge in [-0.05, 0) is 52.2 Å². The van der Waals surface area contributed by atoms with Crippen LogP contribution in [0, 0.1) is 5.92 Å². The number of hydrogen-bond acceptors (Lipinski definition) is 2. The zero-order valence-corrected chi connectivity index (χ0v) is 13.1. The van der Waals surface area contributed by atoms with Crippen molar-refractivity contribution in [1.29, 1.82) is 0 Å². The summed E-state index contributed by atoms with van der Waals surface area (Å²) < 4.78 is 0.853. The molecule has 3 rings (SSSR count). The second-order valence-corrected chi connectivity index (χ2v) is 6.59. The first kappa shape index (κ1) is 13.6. The van der Waals surface area contributed by atoms with E-state index in [2.05, 4.69) is 29.8 Å². The van der Waals surface area contributed by atoms with Crippen LogP contribution in [0.3, 0.4) is 0 Å². The molecule has 0 amide bonds. The van der Waals surface area contributed by atoms with Crippen LogP contribution in [0.15, 0.2) is 22.7 Å². The molecule has 1 heterocycles. The van der Waals surface area contributed by atoms with Crippen molar-refractivity contribution in [3.8, 4) is 0 Å². The minimum atomic E-state index is -0.854. The lowest BCUT2D eigenvalue weighted by Gasteiger charge is -2.28. The number of carboxylic acids is 1. The minimum absolute atomic E-state index is 0.309. The molecule has 0 aliphatic heterocycles. The highest BCUT2D eigenvalue weighted by Crippen LogP contribution is 2.38. The number of rotatable bonds is 1. The third kappa shape index (κ3) is 2.03. The van der Waals surface area contributed by atoms with Crippen LogP contribution in [0.4, 0.5) is 0 Å². The molecule has 2 unspecified atom stereocenters. The van der Waals surface area contributed by atoms with Crippen LogP contribution in [0.2, 0.25) is 0 Å². The largest absolute Gasteiger partial charge is 0.478 e. The van der Waals surface area contributed by atoms with Crippen LogP contribution < -0.4 is 0 Å². The van der Waals surface area contributed by atoms with Gasteiger partial charge >= 0.3 is 5.97 Å². The van der Waals surface area contributed by atoms with Crippen LogP contribution in [0.5, 0.6) is 0 Å². The van der Waals surface area contributed by atoms with Crippen molar-refractivity contribution in [3.63, 3.8) is 0 Å². The predicted octanol–water partition coefficient (Wildman–Crippen LogP) is 4.38. The van der Waals surface area contributed by atoms with Gasteiger partial charge in [0.1, 0.15) is 0 Å². The molecule has 2 aromatic rings. The summed E-state index contributed by atoms with van der Waals surface area (Å²) in [6.07, 6.45) is 1.87. The topological polar surface area (TPSA) is 50.2 Å². The maximum Gasteiger partial charge on any atom is 0.336 e. The van der Waals surface area contributed by atoms with Crippen molar-refractivity contribution < 1.29 is 9.90 Å². The molecule has 1 aliphatic rings. The number of aromatic carboxylic acids is 1. The number of para-hydroxylation sites is 1. The van der Waals surface area contributed by atoms with E-state index in [-0.39, 0.29) is 0 Å². The Hall–Kier alpha value is -1.42. The van der Waals surface area contributed by atoms with Gasteiger partial charge in [-0.1, -0.05) is 26.0 Å². The summed E-state index contributed by atoms with van der Waals surface area (Å²) >= 11 is 3.48. The van der Waals surface area contributed by atoms with Crippen LogP contribution in [-0.2, 0) is 6.42 Å². The average Bonchev–Trinajstić information content (AvgIpc) is 2.36. The third-order valence-electron chi connectivity index (χ3n) is 4.09. The molecule has 0 radical (unpaired) electrons. The Morgan fingerprint density at radius 1 is 1.40 bits per heavy atom. The molecular formula is C16H16BrNO2. The van der Waals surface area contributed by atoms with E-state index in [1.165, 1.54) is 0 Å². The lowest BCUT2D eigenvalue weighted by atomic mass is 9.79. The number of hydrogen-bond donors (Lipinski definition) is 1. The van der Waals surface area contributed by atoms with E-state index >= 15 is 0 Å². The fourth-order valence-corrected chi connectivity index (χ4v) is 3.77. The second kappa shape index (κ2) is 4.85. The molecule has 1 N–H and O–H groups in total. The zero-order chi connectivity index (χ0) is 14.4. The molecule has 104 valence electrons. The smallest absolute Gasteiger partial charge is 0.336 e. The van der Waals surface area contributed by atoms with Crippen molar-refractivity contribution in [2.75, 3.05) is 0 Å². The van der Waals surface area contributed by atoms with E-state index in [0.29, 0.717) is 17.4 Å². The van der Waals surface area contributed by atoms with Crippen molar-refractivity contribution in [3.05, 3.63) is 39.5 Å². The number of carbonyl (C=O) groups is 1. The summed E-state index contributed by atoms with van der Waals surface area (Å²) in [6.45, 7) is 4.31. The molecule has 0 spiro atoms. The zero-order valence-electron chi connectivity index (χ0n) is 11.5. The first-order chi connectivity index (χ1) is 9.49. The number of nitrogens with zero attached hydrogens (tertiary/aromatic N) is 1. The highest BCUT2D eigenvalue weighted by molar-refractivity contribution is 9.10. The van der Waals surface area contributed by atoms with Gasteiger partial charge in [0.15, 0.2) is 0 Å². The summed E-state index contributed by atoms with van der Waals surface area (Å²) in [5.74, 6) is -0.0431. The average molecular weight is 334 g/mol. The van der Waals surface area contributed by atoms with Crippen LogP contribution in [0.25, 0.3) is 10.9 Å². The molecule has 0 bridgehead atoms. The summed E-state index contributed by atoms with van der Waals surface area (Å²) in [7, 11) is 0. The van der Waals surface area contributed by atoms with E-state index < -0.39 is 5.97 Å². The number of aromatic nitrogens is 1. The van der Waals surface area contributed by atoms with E-state index in [1.807, 2.05) is 18.2 Å². The molecule has 1 aromatic heterocycles. The number of pyridine rings is 1. The van der Waals surface area contributed by atoms with E-state index in [9.17, 15) is 9.90 Å². The first-order valence-electron chi connectivity index (χ1n) is 6.83. The minimum Gasteiger partial charge on any atom is -0.478 e. The number of carboxylic acid groups (broad SMARTS) is 1. The summed E-state index contributed by atoms with van der Waals surface area (Å²) in [6, 6.07) is 5.62. The van der Waals surface area contributed by atoms with Crippen LogP contribution in [-0.4, -0.2) is 16.1 Å². The quantitative estimate of drug-likeness (QED) is 0.842. The van der Waals surface area contributed by atoms with Gasteiger partial charge in [-0.25, -0.2) is 4.79 Å². The number of benzene rings is 1. The Morgan fingerprint density at radius 3 is 2.85 bits per heavy atom. The van der Waals surface area contributed by atoms with Crippen LogP contribution in [0.1, 0.15) is 47.8 Å². The Kier molecular flexibility index (Phi) is 3.28. The maximum atomic E-state index is 11.8. The summed E-state index contributed by atoms with van der Waals surface area (Å²) in [5.41, 5.74) is 3.07. The Bertz CT molecular complexity index is 711. The van der Waals surface area contributed by atoms with E-state index in [4.69, 9.17) is 4.98 Å². The van der Waals surface area contributed by atoms with Gasteiger partial charge in [0.25, 0.3) is 0 Å². The molecule has 0 saturated carbocycles. The van der Waals surface area contributed by atoms with Crippen LogP contribution >= 0.6 is 15.9 Å². The number of fused-ring (bicyclic) bond motifs is 2. The molecule has 4 heteroatoms. The van der Waals surface area contributed by atoms with Gasteiger partial charge in [-0.3, -0.25) is 4.98 Å². The second-order valence-electron chi connectivity index (χ2n) is 5.74. The fourth-order valence-electron chi connectivity index (χ4n) is 3.31. The van der Waals surface area contributed by atoms with Gasteiger partial charge in [0.2, 0.25) is 0 Å². The molecule has 2 atom stereocenters. The highest BCUT2D eigenvalue weighted by atomic mass is 79.9. The van der Waals surface area contributed by atoms with Gasteiger partial charge in [0.05, 0.1) is 11.1 Å². The van der Waals surface area contributed by atoms with Gasteiger partial charge < -0.3 is 5.11 Å². The monoisotopic (exact) mass is 333 g/mol. The maximum absolute atomic E-state index is 11.8. The van der Waals surface area contributed by atoms with Gasteiger partial charge in [0, 0.05) is 15.6 Å². The first-order valence-corrected chi connectivity index (χ1v) is 7.62. The Balaban J connectivity index is 2.43. The molecule has 20 heavy (non-hydrogen) atoms. The van der Waals surface area contributed by atoms with Crippen molar-refractivity contribution >= 4 is 32.8 Å². The SMILES string of the molecule is CC1Cc2c(nc3c(Br)cccc3c2C(=O)O)C(C)C1. The normalized spacial score (nSPS) is 21.8. The van der Waals surface area contributed by atoms with Gasteiger partial charge in [-0.15, -0.1) is 0 Å². The van der Waals surface area contributed by atoms with E-state index in [1.54, 1.807) is 0 Å². The summed E-state index contributed by atoms with van der Waals surface area (Å²) in [5, 5.41) is 10.4. The Morgan fingerprint density at radius 2 is 2.15 bits per heavy atom. The lowest BCUT2D eigenvalue weighted by molar-refractivity contribution is 0.0697. The van der Waals surface area contributed by atoms with Gasteiger partial charge in [-0.2, -0.15) is 0 Å². The molecule has 1 aliphatic carbocycles. The molecule has 1 aromatic carbocycles. The van der Waals surface area contributed by atoms with Crippen molar-refractivity contribution in [2.24, 2.45) is 5.92 Å². The highest BCUT2D eigenvalue weighted by Gasteiger charge is 2.29. The Labute approximate surface area is 126 Å². The predicted molar refractivity (Wildman–Crippen MR) is 82.3 cm³/mol. The number of halogens is 1. The summed E-state index contributed by atoms with van der Waals surface area (Å²) in [4.78, 5) is 16.5.